The predicted molar refractivity (Wildman–Crippen MR) is 49.0 cm³/mol. The van der Waals surface area contributed by atoms with Crippen LogP contribution in [0.5, 0.6) is 0 Å². The molecule has 0 spiro atoms. The Labute approximate surface area is 74.6 Å². The molecule has 12 heavy (non-hydrogen) atoms. The average Bonchev–Trinajstić information content (AvgIpc) is 2.57. The lowest BCUT2D eigenvalue weighted by Gasteiger charge is -2.09. The van der Waals surface area contributed by atoms with E-state index in [-0.39, 0.29) is 6.29 Å². The third-order valence-corrected chi connectivity index (χ3v) is 1.99. The molecule has 1 unspecified atom stereocenters. The molecule has 70 valence electrons. The van der Waals surface area contributed by atoms with Gasteiger partial charge in [-0.2, -0.15) is 0 Å². The van der Waals surface area contributed by atoms with Crippen LogP contribution in [0.15, 0.2) is 12.7 Å². The topological polar surface area (TPSA) is 18.5 Å². The summed E-state index contributed by atoms with van der Waals surface area (Å²) >= 11 is 0. The van der Waals surface area contributed by atoms with E-state index in [9.17, 15) is 0 Å². The Morgan fingerprint density at radius 2 is 2.42 bits per heavy atom. The van der Waals surface area contributed by atoms with Gasteiger partial charge in [0.15, 0.2) is 6.29 Å². The van der Waals surface area contributed by atoms with Gasteiger partial charge in [0, 0.05) is 19.6 Å². The van der Waals surface area contributed by atoms with Crippen LogP contribution >= 0.6 is 0 Å². The van der Waals surface area contributed by atoms with Gasteiger partial charge in [-0.25, -0.2) is 0 Å². The molecule has 1 saturated heterocycles. The second kappa shape index (κ2) is 6.21. The highest BCUT2D eigenvalue weighted by molar-refractivity contribution is 4.65. The van der Waals surface area contributed by atoms with Crippen LogP contribution in [-0.4, -0.2) is 19.5 Å². The number of hydrogen-bond donors (Lipinski definition) is 0. The van der Waals surface area contributed by atoms with Crippen molar-refractivity contribution in [2.75, 3.05) is 13.2 Å². The summed E-state index contributed by atoms with van der Waals surface area (Å²) in [7, 11) is 0. The molecular weight excluding hydrogens is 152 g/mol. The maximum absolute atomic E-state index is 5.49. The van der Waals surface area contributed by atoms with Gasteiger partial charge in [0.1, 0.15) is 0 Å². The van der Waals surface area contributed by atoms with E-state index in [0.29, 0.717) is 0 Å². The third-order valence-electron chi connectivity index (χ3n) is 1.99. The van der Waals surface area contributed by atoms with Crippen LogP contribution in [0, 0.1) is 0 Å². The van der Waals surface area contributed by atoms with Gasteiger partial charge in [0.25, 0.3) is 0 Å². The standard InChI is InChI=1S/C10H18O2/c1-2-3-4-5-8-11-10-7-6-9-12-10/h2,10H,1,3-9H2. The Bertz CT molecular complexity index is 117. The first-order chi connectivity index (χ1) is 5.93. The Morgan fingerprint density at radius 3 is 3.08 bits per heavy atom. The van der Waals surface area contributed by atoms with Crippen molar-refractivity contribution >= 4 is 0 Å². The smallest absolute Gasteiger partial charge is 0.157 e. The van der Waals surface area contributed by atoms with E-state index < -0.39 is 0 Å². The van der Waals surface area contributed by atoms with Crippen molar-refractivity contribution in [2.45, 2.75) is 38.4 Å². The first-order valence-electron chi connectivity index (χ1n) is 4.77. The highest BCUT2D eigenvalue weighted by atomic mass is 16.7. The van der Waals surface area contributed by atoms with E-state index in [1.807, 2.05) is 6.08 Å². The summed E-state index contributed by atoms with van der Waals surface area (Å²) in [5.41, 5.74) is 0. The van der Waals surface area contributed by atoms with Gasteiger partial charge >= 0.3 is 0 Å². The largest absolute Gasteiger partial charge is 0.353 e. The van der Waals surface area contributed by atoms with E-state index in [1.54, 1.807) is 0 Å². The molecule has 0 bridgehead atoms. The van der Waals surface area contributed by atoms with Crippen LogP contribution in [0.4, 0.5) is 0 Å². The van der Waals surface area contributed by atoms with Crippen LogP contribution in [0.1, 0.15) is 32.1 Å². The molecule has 0 aromatic rings. The van der Waals surface area contributed by atoms with Gasteiger partial charge in [-0.05, 0) is 25.7 Å². The van der Waals surface area contributed by atoms with Gasteiger partial charge in [0.05, 0.1) is 0 Å². The monoisotopic (exact) mass is 170 g/mol. The number of hydrogen-bond acceptors (Lipinski definition) is 2. The quantitative estimate of drug-likeness (QED) is 0.450. The lowest BCUT2D eigenvalue weighted by molar-refractivity contribution is -0.111. The number of allylic oxidation sites excluding steroid dienone is 1. The lowest BCUT2D eigenvalue weighted by Crippen LogP contribution is -2.11. The summed E-state index contributed by atoms with van der Waals surface area (Å²) in [6.45, 7) is 5.37. The Hall–Kier alpha value is -0.340. The minimum atomic E-state index is 0.0914. The van der Waals surface area contributed by atoms with E-state index in [4.69, 9.17) is 9.47 Å². The molecule has 1 aliphatic heterocycles. The molecule has 1 heterocycles. The van der Waals surface area contributed by atoms with Crippen LogP contribution in [0.2, 0.25) is 0 Å². The Morgan fingerprint density at radius 1 is 1.50 bits per heavy atom. The van der Waals surface area contributed by atoms with Crippen molar-refractivity contribution in [3.05, 3.63) is 12.7 Å². The fourth-order valence-electron chi connectivity index (χ4n) is 1.29. The molecule has 0 radical (unpaired) electrons. The average molecular weight is 170 g/mol. The molecule has 2 heteroatoms. The summed E-state index contributed by atoms with van der Waals surface area (Å²) in [5.74, 6) is 0. The number of unbranched alkanes of at least 4 members (excludes halogenated alkanes) is 2. The molecule has 0 N–H and O–H groups in total. The second-order valence-electron chi connectivity index (χ2n) is 3.10. The van der Waals surface area contributed by atoms with Crippen molar-refractivity contribution in [1.82, 2.24) is 0 Å². The summed E-state index contributed by atoms with van der Waals surface area (Å²) in [6.07, 6.45) is 7.65. The second-order valence-corrected chi connectivity index (χ2v) is 3.10. The highest BCUT2D eigenvalue weighted by Gasteiger charge is 2.14. The third kappa shape index (κ3) is 3.88. The summed E-state index contributed by atoms with van der Waals surface area (Å²) < 4.78 is 10.8. The number of rotatable bonds is 6. The SMILES string of the molecule is C=CCCCCOC1CCCO1. The van der Waals surface area contributed by atoms with Crippen molar-refractivity contribution in [3.63, 3.8) is 0 Å². The van der Waals surface area contributed by atoms with E-state index >= 15 is 0 Å². The van der Waals surface area contributed by atoms with Gasteiger partial charge in [-0.1, -0.05) is 6.08 Å². The molecule has 0 aliphatic carbocycles. The van der Waals surface area contributed by atoms with Gasteiger partial charge in [-0.15, -0.1) is 6.58 Å². The molecule has 0 aromatic heterocycles. The molecule has 1 atom stereocenters. The Kier molecular flexibility index (Phi) is 5.04. The Balaban J connectivity index is 1.84. The zero-order valence-electron chi connectivity index (χ0n) is 7.63. The minimum Gasteiger partial charge on any atom is -0.353 e. The van der Waals surface area contributed by atoms with E-state index in [0.717, 1.165) is 38.9 Å². The highest BCUT2D eigenvalue weighted by Crippen LogP contribution is 2.13. The van der Waals surface area contributed by atoms with Crippen LogP contribution in [0.25, 0.3) is 0 Å². The molecule has 1 rings (SSSR count). The molecule has 0 aromatic carbocycles. The van der Waals surface area contributed by atoms with Crippen LogP contribution < -0.4 is 0 Å². The molecule has 1 aliphatic rings. The lowest BCUT2D eigenvalue weighted by atomic mass is 10.2. The minimum absolute atomic E-state index is 0.0914. The summed E-state index contributed by atoms with van der Waals surface area (Å²) in [5, 5.41) is 0. The molecular formula is C10H18O2. The molecule has 1 fully saturated rings. The summed E-state index contributed by atoms with van der Waals surface area (Å²) in [6, 6.07) is 0. The summed E-state index contributed by atoms with van der Waals surface area (Å²) in [4.78, 5) is 0. The van der Waals surface area contributed by atoms with Crippen molar-refractivity contribution in [1.29, 1.82) is 0 Å². The van der Waals surface area contributed by atoms with Crippen LogP contribution in [0.3, 0.4) is 0 Å². The van der Waals surface area contributed by atoms with Crippen molar-refractivity contribution in [2.24, 2.45) is 0 Å². The molecule has 2 nitrogen and oxygen atoms in total. The number of ether oxygens (including phenoxy) is 2. The molecule has 0 saturated carbocycles. The van der Waals surface area contributed by atoms with Crippen molar-refractivity contribution < 1.29 is 9.47 Å². The van der Waals surface area contributed by atoms with Crippen molar-refractivity contribution in [3.8, 4) is 0 Å². The van der Waals surface area contributed by atoms with Gasteiger partial charge < -0.3 is 9.47 Å². The zero-order valence-corrected chi connectivity index (χ0v) is 7.63. The first-order valence-corrected chi connectivity index (χ1v) is 4.77. The maximum atomic E-state index is 5.49. The predicted octanol–water partition coefficient (Wildman–Crippen LogP) is 2.50. The van der Waals surface area contributed by atoms with Crippen LogP contribution in [-0.2, 0) is 9.47 Å². The maximum Gasteiger partial charge on any atom is 0.157 e. The van der Waals surface area contributed by atoms with Gasteiger partial charge in [-0.3, -0.25) is 0 Å². The van der Waals surface area contributed by atoms with Gasteiger partial charge in [0.2, 0.25) is 0 Å². The van der Waals surface area contributed by atoms with E-state index in [1.165, 1.54) is 6.42 Å². The zero-order chi connectivity index (χ0) is 8.65. The normalized spacial score (nSPS) is 22.8. The first kappa shape index (κ1) is 9.75. The fraction of sp³-hybridized carbons (Fsp3) is 0.800. The molecule has 0 amide bonds. The fourth-order valence-corrected chi connectivity index (χ4v) is 1.29. The van der Waals surface area contributed by atoms with E-state index in [2.05, 4.69) is 6.58 Å².